The van der Waals surface area contributed by atoms with Gasteiger partial charge in [0.2, 0.25) is 0 Å². The molecule has 0 aliphatic carbocycles. The Hall–Kier alpha value is -1.20. The van der Waals surface area contributed by atoms with Gasteiger partial charge in [-0.3, -0.25) is 4.79 Å². The van der Waals surface area contributed by atoms with E-state index in [9.17, 15) is 14.7 Å². The van der Waals surface area contributed by atoms with E-state index in [0.29, 0.717) is 0 Å². The molecule has 0 atom stereocenters. The molecule has 0 saturated heterocycles. The molecular weight excluding hydrogens is 291 g/mol. The van der Waals surface area contributed by atoms with Crippen molar-refractivity contribution in [2.24, 2.45) is 7.05 Å². The summed E-state index contributed by atoms with van der Waals surface area (Å²) in [7, 11) is 1.59. The van der Waals surface area contributed by atoms with Crippen LogP contribution in [0.1, 0.15) is 37.2 Å². The Kier molecular flexibility index (Phi) is 4.87. The molecule has 0 bridgehead atoms. The van der Waals surface area contributed by atoms with Crippen LogP contribution in [0.15, 0.2) is 6.07 Å². The van der Waals surface area contributed by atoms with Crippen molar-refractivity contribution in [3.63, 3.8) is 0 Å². The molecule has 106 valence electrons. The number of halogens is 2. The van der Waals surface area contributed by atoms with Gasteiger partial charge < -0.3 is 15.0 Å². The minimum Gasteiger partial charge on any atom is -0.480 e. The topological polar surface area (TPSA) is 71.3 Å². The summed E-state index contributed by atoms with van der Waals surface area (Å²) in [5.41, 5.74) is -1.05. The first kappa shape index (κ1) is 15.9. The van der Waals surface area contributed by atoms with E-state index in [1.165, 1.54) is 10.6 Å². The van der Waals surface area contributed by atoms with Gasteiger partial charge in [-0.25, -0.2) is 4.79 Å². The predicted octanol–water partition coefficient (Wildman–Crippen LogP) is 2.71. The summed E-state index contributed by atoms with van der Waals surface area (Å²) in [5.74, 6) is -1.57. The number of nitrogens with zero attached hydrogens (tertiary/aromatic N) is 1. The molecule has 0 radical (unpaired) electrons. The maximum atomic E-state index is 12.2. The molecule has 1 aromatic rings. The average Bonchev–Trinajstić information content (AvgIpc) is 2.63. The zero-order valence-corrected chi connectivity index (χ0v) is 12.5. The van der Waals surface area contributed by atoms with Crippen LogP contribution in [0.2, 0.25) is 10.2 Å². The average molecular weight is 307 g/mol. The number of carbonyl (C=O) groups is 2. The van der Waals surface area contributed by atoms with E-state index < -0.39 is 17.4 Å². The van der Waals surface area contributed by atoms with Crippen molar-refractivity contribution < 1.29 is 14.7 Å². The Labute approximate surface area is 121 Å². The van der Waals surface area contributed by atoms with Crippen molar-refractivity contribution in [1.82, 2.24) is 9.88 Å². The number of hydrogen-bond donors (Lipinski definition) is 2. The lowest BCUT2D eigenvalue weighted by atomic mass is 9.93. The lowest BCUT2D eigenvalue weighted by Gasteiger charge is -2.28. The zero-order chi connectivity index (χ0) is 14.8. The molecule has 0 unspecified atom stereocenters. The monoisotopic (exact) mass is 306 g/mol. The zero-order valence-electron chi connectivity index (χ0n) is 11.0. The molecule has 0 aliphatic heterocycles. The number of amides is 1. The van der Waals surface area contributed by atoms with Crippen LogP contribution in [0, 0.1) is 0 Å². The Balaban J connectivity index is 3.07. The second-order valence-electron chi connectivity index (χ2n) is 4.28. The van der Waals surface area contributed by atoms with Crippen LogP contribution < -0.4 is 5.32 Å². The van der Waals surface area contributed by atoms with E-state index in [0.717, 1.165) is 0 Å². The summed E-state index contributed by atoms with van der Waals surface area (Å²) >= 11 is 11.7. The van der Waals surface area contributed by atoms with E-state index >= 15 is 0 Å². The Bertz CT molecular complexity index is 507. The minimum absolute atomic E-state index is 0.225. The molecule has 1 rings (SSSR count). The minimum atomic E-state index is -1.28. The third-order valence-corrected chi connectivity index (χ3v) is 4.16. The molecule has 0 saturated carbocycles. The molecule has 1 heterocycles. The normalized spacial score (nSPS) is 11.4. The highest BCUT2D eigenvalue weighted by Crippen LogP contribution is 2.26. The summed E-state index contributed by atoms with van der Waals surface area (Å²) in [6, 6.07) is 1.41. The Morgan fingerprint density at radius 1 is 1.37 bits per heavy atom. The van der Waals surface area contributed by atoms with Crippen LogP contribution in [-0.4, -0.2) is 27.1 Å². The van der Waals surface area contributed by atoms with Gasteiger partial charge in [0.1, 0.15) is 16.4 Å². The van der Waals surface area contributed by atoms with Gasteiger partial charge in [-0.05, 0) is 18.9 Å². The van der Waals surface area contributed by atoms with Crippen molar-refractivity contribution in [3.8, 4) is 0 Å². The first-order valence-electron chi connectivity index (χ1n) is 5.85. The summed E-state index contributed by atoms with van der Waals surface area (Å²) in [6.45, 7) is 3.42. The van der Waals surface area contributed by atoms with Gasteiger partial charge in [0.05, 0.1) is 5.02 Å². The van der Waals surface area contributed by atoms with Crippen LogP contribution in [0.3, 0.4) is 0 Å². The molecule has 19 heavy (non-hydrogen) atoms. The van der Waals surface area contributed by atoms with Crippen molar-refractivity contribution in [1.29, 1.82) is 0 Å². The van der Waals surface area contributed by atoms with Gasteiger partial charge in [-0.2, -0.15) is 0 Å². The number of carbonyl (C=O) groups excluding carboxylic acids is 1. The molecule has 5 nitrogen and oxygen atoms in total. The summed E-state index contributed by atoms with van der Waals surface area (Å²) in [5, 5.41) is 12.3. The predicted molar refractivity (Wildman–Crippen MR) is 73.8 cm³/mol. The van der Waals surface area contributed by atoms with Crippen molar-refractivity contribution in [2.45, 2.75) is 32.2 Å². The number of rotatable bonds is 5. The molecule has 2 N–H and O–H groups in total. The molecule has 0 aromatic carbocycles. The molecule has 1 amide bonds. The van der Waals surface area contributed by atoms with Gasteiger partial charge in [-0.1, -0.05) is 37.0 Å². The Morgan fingerprint density at radius 2 is 1.89 bits per heavy atom. The van der Waals surface area contributed by atoms with Crippen LogP contribution in [0.4, 0.5) is 0 Å². The summed E-state index contributed by atoms with van der Waals surface area (Å²) in [6.07, 6.45) is 0.576. The highest BCUT2D eigenvalue weighted by atomic mass is 35.5. The van der Waals surface area contributed by atoms with Crippen LogP contribution in [-0.2, 0) is 11.8 Å². The van der Waals surface area contributed by atoms with Crippen molar-refractivity contribution in [3.05, 3.63) is 21.9 Å². The largest absolute Gasteiger partial charge is 0.480 e. The number of nitrogens with one attached hydrogen (secondary N) is 1. The molecule has 1 aromatic heterocycles. The lowest BCUT2D eigenvalue weighted by Crippen LogP contribution is -2.54. The van der Waals surface area contributed by atoms with Gasteiger partial charge >= 0.3 is 5.97 Å². The van der Waals surface area contributed by atoms with E-state index in [2.05, 4.69) is 5.32 Å². The van der Waals surface area contributed by atoms with Crippen LogP contribution >= 0.6 is 23.2 Å². The Morgan fingerprint density at radius 3 is 2.21 bits per heavy atom. The second-order valence-corrected chi connectivity index (χ2v) is 5.04. The van der Waals surface area contributed by atoms with Gasteiger partial charge in [-0.15, -0.1) is 0 Å². The SMILES string of the molecule is CCC(CC)(NC(=O)c1cc(Cl)c(Cl)n1C)C(=O)O. The fourth-order valence-electron chi connectivity index (χ4n) is 1.82. The van der Waals surface area contributed by atoms with Crippen molar-refractivity contribution in [2.75, 3.05) is 0 Å². The highest BCUT2D eigenvalue weighted by Gasteiger charge is 2.37. The number of hydrogen-bond acceptors (Lipinski definition) is 2. The first-order chi connectivity index (χ1) is 8.79. The van der Waals surface area contributed by atoms with Crippen LogP contribution in [0.5, 0.6) is 0 Å². The van der Waals surface area contributed by atoms with Gasteiger partial charge in [0.25, 0.3) is 5.91 Å². The summed E-state index contributed by atoms with van der Waals surface area (Å²) in [4.78, 5) is 23.5. The third-order valence-electron chi connectivity index (χ3n) is 3.32. The highest BCUT2D eigenvalue weighted by molar-refractivity contribution is 6.41. The molecule has 0 aliphatic rings. The fraction of sp³-hybridized carbons (Fsp3) is 0.500. The number of carboxylic acids is 1. The second kappa shape index (κ2) is 5.84. The smallest absolute Gasteiger partial charge is 0.329 e. The number of aromatic nitrogens is 1. The first-order valence-corrected chi connectivity index (χ1v) is 6.61. The molecule has 7 heteroatoms. The standard InChI is InChI=1S/C12H16Cl2N2O3/c1-4-12(5-2,11(18)19)15-10(17)8-6-7(13)9(14)16(8)3/h6H,4-5H2,1-3H3,(H,15,17)(H,18,19). The molecule has 0 spiro atoms. The maximum absolute atomic E-state index is 12.2. The quantitative estimate of drug-likeness (QED) is 0.878. The van der Waals surface area contributed by atoms with E-state index in [1.807, 2.05) is 0 Å². The number of aliphatic carboxylic acids is 1. The maximum Gasteiger partial charge on any atom is 0.329 e. The molecular formula is C12H16Cl2N2O3. The van der Waals surface area contributed by atoms with E-state index in [4.69, 9.17) is 23.2 Å². The third kappa shape index (κ3) is 2.87. The van der Waals surface area contributed by atoms with Gasteiger partial charge in [0, 0.05) is 7.05 Å². The van der Waals surface area contributed by atoms with E-state index in [1.54, 1.807) is 20.9 Å². The van der Waals surface area contributed by atoms with Crippen molar-refractivity contribution >= 4 is 35.1 Å². The van der Waals surface area contributed by atoms with E-state index in [-0.39, 0.29) is 28.7 Å². The number of carboxylic acid groups (broad SMARTS) is 1. The van der Waals surface area contributed by atoms with Gasteiger partial charge in [0.15, 0.2) is 0 Å². The van der Waals surface area contributed by atoms with Crippen LogP contribution in [0.25, 0.3) is 0 Å². The lowest BCUT2D eigenvalue weighted by molar-refractivity contribution is -0.144. The summed E-state index contributed by atoms with van der Waals surface area (Å²) < 4.78 is 1.41. The fourth-order valence-corrected chi connectivity index (χ4v) is 2.20. The molecule has 0 fully saturated rings.